The lowest BCUT2D eigenvalue weighted by atomic mass is 9.49. The van der Waals surface area contributed by atoms with Crippen molar-refractivity contribution in [3.8, 4) is 0 Å². The fourth-order valence-electron chi connectivity index (χ4n) is 6.10. The van der Waals surface area contributed by atoms with Gasteiger partial charge in [0.25, 0.3) is 5.91 Å². The maximum atomic E-state index is 12.7. The van der Waals surface area contributed by atoms with Crippen LogP contribution in [0.5, 0.6) is 0 Å². The van der Waals surface area contributed by atoms with Crippen LogP contribution < -0.4 is 0 Å². The first kappa shape index (κ1) is 15.2. The molecule has 0 N–H and O–H groups in total. The van der Waals surface area contributed by atoms with Gasteiger partial charge in [-0.05, 0) is 61.7 Å². The molecule has 0 atom stereocenters. The minimum Gasteiger partial charge on any atom is -0.340 e. The molecule has 23 heavy (non-hydrogen) atoms. The van der Waals surface area contributed by atoms with E-state index in [1.807, 2.05) is 11.9 Å². The highest BCUT2D eigenvalue weighted by molar-refractivity contribution is 6.39. The average Bonchev–Trinajstić information content (AvgIpc) is 2.47. The highest BCUT2D eigenvalue weighted by Gasteiger charge is 2.51. The number of carbonyl (C=O) groups is 2. The molecule has 0 aromatic carbocycles. The van der Waals surface area contributed by atoms with E-state index >= 15 is 0 Å². The number of hydrazone groups is 1. The molecule has 126 valence electrons. The molecule has 5 nitrogen and oxygen atoms in total. The molecular formula is C18H27N3O2. The molecule has 0 aromatic heterocycles. The summed E-state index contributed by atoms with van der Waals surface area (Å²) in [5.74, 6) is 2.71. The van der Waals surface area contributed by atoms with Gasteiger partial charge in [0.15, 0.2) is 0 Å². The van der Waals surface area contributed by atoms with Gasteiger partial charge in [0.1, 0.15) is 5.71 Å². The Balaban J connectivity index is 1.46. The van der Waals surface area contributed by atoms with Crippen LogP contribution in [-0.4, -0.2) is 48.1 Å². The molecule has 5 heteroatoms. The van der Waals surface area contributed by atoms with Crippen LogP contribution in [0.25, 0.3) is 0 Å². The Hall–Kier alpha value is -1.39. The van der Waals surface area contributed by atoms with Crippen LogP contribution in [0.2, 0.25) is 0 Å². The van der Waals surface area contributed by atoms with E-state index in [4.69, 9.17) is 0 Å². The van der Waals surface area contributed by atoms with Gasteiger partial charge in [0.05, 0.1) is 0 Å². The normalized spacial score (nSPS) is 38.7. The summed E-state index contributed by atoms with van der Waals surface area (Å²) in [5.41, 5.74) is 0.898. The van der Waals surface area contributed by atoms with Crippen molar-refractivity contribution in [3.63, 3.8) is 0 Å². The van der Waals surface area contributed by atoms with Gasteiger partial charge in [0, 0.05) is 33.5 Å². The quantitative estimate of drug-likeness (QED) is 0.802. The van der Waals surface area contributed by atoms with E-state index in [1.165, 1.54) is 43.5 Å². The van der Waals surface area contributed by atoms with E-state index in [1.54, 1.807) is 7.05 Å². The third-order valence-corrected chi connectivity index (χ3v) is 6.54. The second-order valence-electron chi connectivity index (χ2n) is 8.54. The van der Waals surface area contributed by atoms with Gasteiger partial charge in [-0.1, -0.05) is 0 Å². The first-order valence-electron chi connectivity index (χ1n) is 9.04. The van der Waals surface area contributed by atoms with E-state index in [0.717, 1.165) is 24.3 Å². The number of hydrogen-bond donors (Lipinski definition) is 0. The van der Waals surface area contributed by atoms with Crippen LogP contribution in [0.4, 0.5) is 0 Å². The van der Waals surface area contributed by atoms with Crippen molar-refractivity contribution in [2.45, 2.75) is 51.4 Å². The van der Waals surface area contributed by atoms with Gasteiger partial charge in [0.2, 0.25) is 5.91 Å². The Morgan fingerprint density at radius 3 is 2.26 bits per heavy atom. The van der Waals surface area contributed by atoms with Crippen molar-refractivity contribution >= 4 is 17.5 Å². The van der Waals surface area contributed by atoms with Crippen molar-refractivity contribution < 1.29 is 9.59 Å². The summed E-state index contributed by atoms with van der Waals surface area (Å²) in [4.78, 5) is 26.1. The molecule has 4 fully saturated rings. The van der Waals surface area contributed by atoms with Gasteiger partial charge in [-0.25, -0.2) is 5.01 Å². The Labute approximate surface area is 138 Å². The zero-order valence-electron chi connectivity index (χ0n) is 14.3. The highest BCUT2D eigenvalue weighted by atomic mass is 16.2. The molecule has 5 aliphatic rings. The second-order valence-corrected chi connectivity index (χ2v) is 8.54. The van der Waals surface area contributed by atoms with Gasteiger partial charge in [-0.15, -0.1) is 0 Å². The SMILES string of the molecule is CN(CC12CC3CC(CC(C3)C1)C2)C(=O)C1=NN(C)C(=O)CC1. The monoisotopic (exact) mass is 317 g/mol. The molecule has 0 spiro atoms. The standard InChI is InChI=1S/C18H27N3O2/c1-20(17(23)15-3-4-16(22)21(2)19-15)11-18-8-12-5-13(9-18)7-14(6-12)10-18/h12-14H,3-11H2,1-2H3. The minimum absolute atomic E-state index is 0.00899. The van der Waals surface area contributed by atoms with Crippen molar-refractivity contribution in [2.75, 3.05) is 20.6 Å². The van der Waals surface area contributed by atoms with E-state index in [9.17, 15) is 9.59 Å². The summed E-state index contributed by atoms with van der Waals surface area (Å²) in [7, 11) is 3.55. The molecule has 5 rings (SSSR count). The van der Waals surface area contributed by atoms with Gasteiger partial charge in [-0.2, -0.15) is 5.10 Å². The lowest BCUT2D eigenvalue weighted by molar-refractivity contribution is -0.131. The predicted molar refractivity (Wildman–Crippen MR) is 87.7 cm³/mol. The maximum Gasteiger partial charge on any atom is 0.269 e. The van der Waals surface area contributed by atoms with E-state index in [2.05, 4.69) is 5.10 Å². The molecule has 0 radical (unpaired) electrons. The molecular weight excluding hydrogens is 290 g/mol. The molecule has 0 aromatic rings. The summed E-state index contributed by atoms with van der Waals surface area (Å²) < 4.78 is 0. The number of carbonyl (C=O) groups excluding carboxylic acids is 2. The van der Waals surface area contributed by atoms with Crippen molar-refractivity contribution in [2.24, 2.45) is 28.3 Å². The number of nitrogens with zero attached hydrogens (tertiary/aromatic N) is 3. The Kier molecular flexibility index (Phi) is 3.50. The molecule has 0 unspecified atom stereocenters. The largest absolute Gasteiger partial charge is 0.340 e. The molecule has 4 bridgehead atoms. The van der Waals surface area contributed by atoms with Crippen LogP contribution in [0, 0.1) is 23.2 Å². The van der Waals surface area contributed by atoms with E-state index in [-0.39, 0.29) is 11.8 Å². The fraction of sp³-hybridized carbons (Fsp3) is 0.833. The Morgan fingerprint density at radius 2 is 1.74 bits per heavy atom. The van der Waals surface area contributed by atoms with Crippen molar-refractivity contribution in [1.82, 2.24) is 9.91 Å². The summed E-state index contributed by atoms with van der Waals surface area (Å²) >= 11 is 0. The van der Waals surface area contributed by atoms with Gasteiger partial charge >= 0.3 is 0 Å². The topological polar surface area (TPSA) is 53.0 Å². The summed E-state index contributed by atoms with van der Waals surface area (Å²) in [6.45, 7) is 0.867. The van der Waals surface area contributed by atoms with E-state index < -0.39 is 0 Å². The second kappa shape index (κ2) is 5.32. The molecule has 4 aliphatic carbocycles. The third kappa shape index (κ3) is 2.68. The molecule has 2 amide bonds. The predicted octanol–water partition coefficient (Wildman–Crippen LogP) is 2.27. The lowest BCUT2D eigenvalue weighted by Gasteiger charge is -2.57. The fourth-order valence-corrected chi connectivity index (χ4v) is 6.10. The summed E-state index contributed by atoms with van der Waals surface area (Å²) in [6.07, 6.45) is 9.08. The van der Waals surface area contributed by atoms with Gasteiger partial charge < -0.3 is 4.90 Å². The number of rotatable bonds is 3. The van der Waals surface area contributed by atoms with Crippen molar-refractivity contribution in [1.29, 1.82) is 0 Å². The number of amides is 2. The third-order valence-electron chi connectivity index (χ3n) is 6.54. The molecule has 1 aliphatic heterocycles. The maximum absolute atomic E-state index is 12.7. The zero-order chi connectivity index (χ0) is 16.2. The molecule has 4 saturated carbocycles. The lowest BCUT2D eigenvalue weighted by Crippen LogP contribution is -2.52. The smallest absolute Gasteiger partial charge is 0.269 e. The van der Waals surface area contributed by atoms with E-state index in [0.29, 0.717) is 24.0 Å². The Bertz CT molecular complexity index is 533. The summed E-state index contributed by atoms with van der Waals surface area (Å²) in [5, 5.41) is 5.50. The van der Waals surface area contributed by atoms with Gasteiger partial charge in [-0.3, -0.25) is 9.59 Å². The van der Waals surface area contributed by atoms with Crippen LogP contribution in [-0.2, 0) is 9.59 Å². The highest BCUT2D eigenvalue weighted by Crippen LogP contribution is 2.60. The van der Waals surface area contributed by atoms with Crippen molar-refractivity contribution in [3.05, 3.63) is 0 Å². The van der Waals surface area contributed by atoms with Crippen LogP contribution in [0.15, 0.2) is 5.10 Å². The number of hydrogen-bond acceptors (Lipinski definition) is 3. The zero-order valence-corrected chi connectivity index (χ0v) is 14.3. The van der Waals surface area contributed by atoms with Crippen LogP contribution in [0.1, 0.15) is 51.4 Å². The summed E-state index contributed by atoms with van der Waals surface area (Å²) in [6, 6.07) is 0. The molecule has 1 heterocycles. The first-order valence-corrected chi connectivity index (χ1v) is 9.04. The van der Waals surface area contributed by atoms with Crippen LogP contribution in [0.3, 0.4) is 0 Å². The Morgan fingerprint density at radius 1 is 1.17 bits per heavy atom. The first-order chi connectivity index (χ1) is 10.9. The average molecular weight is 317 g/mol. The minimum atomic E-state index is -0.00899. The van der Waals surface area contributed by atoms with Crippen LogP contribution >= 0.6 is 0 Å². The molecule has 0 saturated heterocycles.